The third-order valence-electron chi connectivity index (χ3n) is 9.12. The van der Waals surface area contributed by atoms with Gasteiger partial charge in [-0.2, -0.15) is 0 Å². The maximum Gasteiger partial charge on any atom is 0.328 e. The van der Waals surface area contributed by atoms with Crippen LogP contribution in [-0.2, 0) is 44.8 Å². The number of hydrogen-bond acceptors (Lipinski definition) is 13. The predicted molar refractivity (Wildman–Crippen MR) is 184 cm³/mol. The Kier molecular flexibility index (Phi) is 15.6. The fourth-order valence-electron chi connectivity index (χ4n) is 6.14. The lowest BCUT2D eigenvalue weighted by molar-refractivity contribution is -0.144. The van der Waals surface area contributed by atoms with Crippen molar-refractivity contribution in [3.63, 3.8) is 0 Å². The van der Waals surface area contributed by atoms with Gasteiger partial charge in [-0.3, -0.25) is 33.6 Å². The lowest BCUT2D eigenvalue weighted by atomic mass is 10.0. The number of likely N-dealkylation sites (tertiary alicyclic amines) is 2. The van der Waals surface area contributed by atoms with Gasteiger partial charge >= 0.3 is 5.97 Å². The van der Waals surface area contributed by atoms with Gasteiger partial charge in [0.2, 0.25) is 41.4 Å². The normalized spacial score (nSPS) is 20.1. The summed E-state index contributed by atoms with van der Waals surface area (Å²) in [5.74, 6) is -7.97. The van der Waals surface area contributed by atoms with Gasteiger partial charge in [-0.05, 0) is 50.3 Å². The van der Waals surface area contributed by atoms with Crippen molar-refractivity contribution in [3.8, 4) is 5.75 Å². The largest absolute Gasteiger partial charge is 0.508 e. The van der Waals surface area contributed by atoms with Gasteiger partial charge in [0.05, 0.1) is 25.7 Å². The second kappa shape index (κ2) is 19.6. The highest BCUT2D eigenvalue weighted by molar-refractivity contribution is 5.98. The summed E-state index contributed by atoms with van der Waals surface area (Å²) in [5.41, 5.74) is 11.5. The Balaban J connectivity index is 1.79. The monoisotopic (exact) mass is 764 g/mol. The number of carbonyl (C=O) groups is 8. The minimum Gasteiger partial charge on any atom is -0.508 e. The number of phenolic OH excluding ortho intramolecular Hbond substituents is 1. The number of hydrogen-bond donors (Lipinski definition) is 11. The first-order valence-electron chi connectivity index (χ1n) is 17.3. The molecule has 0 radical (unpaired) electrons. The van der Waals surface area contributed by atoms with Gasteiger partial charge in [-0.15, -0.1) is 0 Å². The summed E-state index contributed by atoms with van der Waals surface area (Å²) >= 11 is 0. The molecule has 13 N–H and O–H groups in total. The molecule has 21 heteroatoms. The van der Waals surface area contributed by atoms with Crippen LogP contribution < -0.4 is 32.7 Å². The number of nitrogens with two attached hydrogens (primary N) is 2. The number of carboxylic acid groups (broad SMARTS) is 1. The summed E-state index contributed by atoms with van der Waals surface area (Å²) < 4.78 is 0. The molecule has 7 amide bonds. The molecule has 0 aliphatic carbocycles. The average Bonchev–Trinajstić information content (AvgIpc) is 3.82. The van der Waals surface area contributed by atoms with Crippen LogP contribution in [0.2, 0.25) is 0 Å². The van der Waals surface area contributed by atoms with E-state index in [-0.39, 0.29) is 38.1 Å². The molecular weight excluding hydrogens is 716 g/mol. The third-order valence-corrected chi connectivity index (χ3v) is 9.12. The Morgan fingerprint density at radius 3 is 1.72 bits per heavy atom. The standard InChI is InChI=1S/C33H48N8O13/c1-16(44)26(35)32(52)41-11-3-5-24(41)29(49)37-20(12-17-6-8-18(45)9-7-17)31(51)40-10-2-4-23(40)30(50)38-21(14-42)28(48)36-19(13-25(34)46)27(47)39-22(15-43)33(53)54/h6-9,16,19-24,26,42-45H,2-5,10-15,35H2,1H3,(H2,34,46)(H,36,48)(H,37,49)(H,38,50)(H,39,47)(H,53,54)/t16-,19+,20+,21+,22+,23+,24+,26+/m1/s1. The predicted octanol–water partition coefficient (Wildman–Crippen LogP) is -5.49. The van der Waals surface area contributed by atoms with E-state index in [1.807, 2.05) is 5.32 Å². The van der Waals surface area contributed by atoms with E-state index in [1.165, 1.54) is 41.0 Å². The van der Waals surface area contributed by atoms with Gasteiger partial charge in [-0.1, -0.05) is 12.1 Å². The number of benzene rings is 1. The van der Waals surface area contributed by atoms with Crippen molar-refractivity contribution in [1.82, 2.24) is 31.1 Å². The van der Waals surface area contributed by atoms with E-state index in [9.17, 15) is 58.8 Å². The topological polar surface area (TPSA) is 344 Å². The first-order chi connectivity index (χ1) is 25.5. The summed E-state index contributed by atoms with van der Waals surface area (Å²) in [6, 6.07) is -4.18. The highest BCUT2D eigenvalue weighted by Crippen LogP contribution is 2.23. The summed E-state index contributed by atoms with van der Waals surface area (Å²) in [4.78, 5) is 105. The Bertz CT molecular complexity index is 1560. The maximum absolute atomic E-state index is 14.1. The van der Waals surface area contributed by atoms with E-state index < -0.39 is 115 Å². The molecule has 0 bridgehead atoms. The van der Waals surface area contributed by atoms with E-state index in [2.05, 4.69) is 16.0 Å². The van der Waals surface area contributed by atoms with Crippen LogP contribution in [-0.4, -0.2) is 157 Å². The summed E-state index contributed by atoms with van der Waals surface area (Å²) in [5, 5.41) is 57.0. The number of primary amides is 1. The molecule has 298 valence electrons. The number of carbonyl (C=O) groups excluding carboxylic acids is 7. The number of phenols is 1. The third kappa shape index (κ3) is 11.3. The van der Waals surface area contributed by atoms with Gasteiger partial charge in [0.15, 0.2) is 0 Å². The van der Waals surface area contributed by atoms with Crippen molar-refractivity contribution < 1.29 is 63.9 Å². The number of aliphatic carboxylic acids is 1. The van der Waals surface area contributed by atoms with Crippen LogP contribution in [0.3, 0.4) is 0 Å². The van der Waals surface area contributed by atoms with E-state index in [0.29, 0.717) is 18.4 Å². The molecule has 0 spiro atoms. The molecular formula is C33H48N8O13. The van der Waals surface area contributed by atoms with Crippen LogP contribution in [0, 0.1) is 0 Å². The average molecular weight is 765 g/mol. The Morgan fingerprint density at radius 1 is 0.759 bits per heavy atom. The fraction of sp³-hybridized carbons (Fsp3) is 0.576. The zero-order valence-corrected chi connectivity index (χ0v) is 29.6. The second-order valence-corrected chi connectivity index (χ2v) is 13.1. The SMILES string of the molecule is C[C@@H](O)[C@H](N)C(=O)N1CCC[C@H]1C(=O)N[C@@H](Cc1ccc(O)cc1)C(=O)N1CCC[C@H]1C(=O)N[C@@H](CO)C(=O)N[C@@H](CC(N)=O)C(=O)N[C@@H](CO)C(=O)O. The van der Waals surface area contributed by atoms with Crippen LogP contribution in [0.15, 0.2) is 24.3 Å². The van der Waals surface area contributed by atoms with Gasteiger partial charge in [0, 0.05) is 19.5 Å². The number of nitrogens with one attached hydrogen (secondary N) is 4. The molecule has 21 nitrogen and oxygen atoms in total. The minimum atomic E-state index is -1.78. The van der Waals surface area contributed by atoms with Crippen LogP contribution in [0.1, 0.15) is 44.6 Å². The van der Waals surface area contributed by atoms with Gasteiger partial charge in [0.25, 0.3) is 0 Å². The van der Waals surface area contributed by atoms with E-state index in [1.54, 1.807) is 0 Å². The molecule has 1 aromatic rings. The molecule has 1 aromatic carbocycles. The number of carboxylic acids is 1. The Labute approximate surface area is 309 Å². The molecule has 0 unspecified atom stereocenters. The number of aliphatic hydroxyl groups is 3. The zero-order valence-electron chi connectivity index (χ0n) is 29.6. The van der Waals surface area contributed by atoms with Crippen LogP contribution in [0.25, 0.3) is 0 Å². The zero-order chi connectivity index (χ0) is 40.3. The van der Waals surface area contributed by atoms with Crippen LogP contribution >= 0.6 is 0 Å². The second-order valence-electron chi connectivity index (χ2n) is 13.1. The molecule has 2 aliphatic heterocycles. The summed E-state index contributed by atoms with van der Waals surface area (Å²) in [6.07, 6.45) is -0.913. The number of aromatic hydroxyl groups is 1. The summed E-state index contributed by atoms with van der Waals surface area (Å²) in [6.45, 7) is -0.423. The van der Waals surface area contributed by atoms with Crippen molar-refractivity contribution >= 4 is 47.3 Å². The fourth-order valence-corrected chi connectivity index (χ4v) is 6.14. The number of nitrogens with zero attached hydrogens (tertiary/aromatic N) is 2. The molecule has 2 saturated heterocycles. The quantitative estimate of drug-likeness (QED) is 0.0665. The molecule has 2 fully saturated rings. The molecule has 2 heterocycles. The minimum absolute atomic E-state index is 0.0461. The smallest absolute Gasteiger partial charge is 0.328 e. The number of amides is 7. The van der Waals surface area contributed by atoms with E-state index in [0.717, 1.165) is 0 Å². The van der Waals surface area contributed by atoms with Crippen molar-refractivity contribution in [1.29, 1.82) is 0 Å². The highest BCUT2D eigenvalue weighted by atomic mass is 16.4. The van der Waals surface area contributed by atoms with Gasteiger partial charge < -0.3 is 68.1 Å². The lowest BCUT2D eigenvalue weighted by Gasteiger charge is -2.32. The van der Waals surface area contributed by atoms with Crippen molar-refractivity contribution in [3.05, 3.63) is 29.8 Å². The first-order valence-corrected chi connectivity index (χ1v) is 17.3. The van der Waals surface area contributed by atoms with Crippen molar-refractivity contribution in [2.24, 2.45) is 11.5 Å². The Hall–Kier alpha value is -5.38. The molecule has 0 aromatic heterocycles. The maximum atomic E-state index is 14.1. The number of aliphatic hydroxyl groups excluding tert-OH is 3. The van der Waals surface area contributed by atoms with Crippen molar-refractivity contribution in [2.45, 2.75) is 93.8 Å². The first kappa shape index (κ1) is 43.0. The molecule has 3 rings (SSSR count). The molecule has 54 heavy (non-hydrogen) atoms. The van der Waals surface area contributed by atoms with Crippen LogP contribution in [0.4, 0.5) is 0 Å². The van der Waals surface area contributed by atoms with Gasteiger partial charge in [-0.25, -0.2) is 4.79 Å². The molecule has 2 aliphatic rings. The van der Waals surface area contributed by atoms with E-state index >= 15 is 0 Å². The van der Waals surface area contributed by atoms with Crippen LogP contribution in [0.5, 0.6) is 5.75 Å². The summed E-state index contributed by atoms with van der Waals surface area (Å²) in [7, 11) is 0. The van der Waals surface area contributed by atoms with Crippen molar-refractivity contribution in [2.75, 3.05) is 26.3 Å². The highest BCUT2D eigenvalue weighted by Gasteiger charge is 2.42. The lowest BCUT2D eigenvalue weighted by Crippen LogP contribution is -2.60. The van der Waals surface area contributed by atoms with Gasteiger partial charge in [0.1, 0.15) is 48.0 Å². The Morgan fingerprint density at radius 2 is 1.24 bits per heavy atom. The number of rotatable bonds is 18. The molecule has 8 atom stereocenters. The van der Waals surface area contributed by atoms with E-state index in [4.69, 9.17) is 16.6 Å². The molecule has 0 saturated carbocycles.